The lowest BCUT2D eigenvalue weighted by Crippen LogP contribution is -2.23. The first-order valence-corrected chi connectivity index (χ1v) is 34.8. The van der Waals surface area contributed by atoms with Crippen molar-refractivity contribution in [2.45, 2.75) is 58.6 Å². The number of fused-ring (bicyclic) bond motifs is 8. The van der Waals surface area contributed by atoms with E-state index in [2.05, 4.69) is 21.3 Å². The molecule has 0 amide bonds. The summed E-state index contributed by atoms with van der Waals surface area (Å²) < 4.78 is 6.81. The number of carbonyl (C=O) groups is 3. The molecule has 0 atom stereocenters. The first-order valence-electron chi connectivity index (χ1n) is 33.6. The zero-order valence-electron chi connectivity index (χ0n) is 56.5. The number of carboxylic acids is 2. The van der Waals surface area contributed by atoms with Crippen LogP contribution in [0.2, 0.25) is 10.0 Å². The Bertz CT molecular complexity index is 6110. The maximum absolute atomic E-state index is 13.9. The van der Waals surface area contributed by atoms with Crippen LogP contribution >= 0.6 is 35.8 Å². The number of rotatable bonds is 16. The third kappa shape index (κ3) is 12.8. The van der Waals surface area contributed by atoms with Crippen LogP contribution < -0.4 is 26.7 Å². The van der Waals surface area contributed by atoms with E-state index in [-0.39, 0.29) is 58.1 Å². The zero-order valence-corrected chi connectivity index (χ0v) is 58.9. The third-order valence-corrected chi connectivity index (χ3v) is 20.1. The standard InChI is InChI=1S/C43H33ClN4O4.C42H31ClN4O4S/c1-23-13-15-25-7-5-11-36(40(25)47-23)45-21-33-30-19-31-32(39(28(30)17-18-38(33)49)27-9-3-4-10-29(27)43(51)52)20-35(44)42(50)34(31)22-46-37-12-6-8-26-16-14-24(2)48-41(26)37;1-22-13-15-24-7-5-11-33(37(24)46-22)44-20-30-35(52)18-17-28-36(26-9-3-4-10-27(26)42(49)50)29-19-32(43)39(48)31(41(29)51-40(28)30)21-45-34-12-6-8-25-16-14-23(2)47-38(25)34/h3-18,20,45-46,50H,19,21-22H2,1-2H3,(H,51,52);3-19,44-45,52H,20-21H2,1-2H3,(H,49,50). The molecule has 7 N–H and O–H groups in total. The van der Waals surface area contributed by atoms with Crippen molar-refractivity contribution in [1.29, 1.82) is 0 Å². The van der Waals surface area contributed by atoms with Crippen LogP contribution in [-0.4, -0.2) is 59.5 Å². The number of hydrogen-bond acceptors (Lipinski definition) is 15. The second-order valence-corrected chi connectivity index (χ2v) is 27.0. The molecule has 0 spiro atoms. The number of nitrogens with zero attached hydrogens (tertiary/aromatic N) is 4. The quantitative estimate of drug-likeness (QED) is 0.0331. The first-order chi connectivity index (χ1) is 50.3. The number of phenols is 1. The number of carboxylic acid groups (broad SMARTS) is 2. The Hall–Kier alpha value is -12.2. The Morgan fingerprint density at radius 3 is 1.45 bits per heavy atom. The summed E-state index contributed by atoms with van der Waals surface area (Å²) in [4.78, 5) is 72.6. The van der Waals surface area contributed by atoms with E-state index in [1.165, 1.54) is 6.08 Å². The van der Waals surface area contributed by atoms with Crippen LogP contribution in [0.3, 0.4) is 0 Å². The smallest absolute Gasteiger partial charge is 0.336 e. The van der Waals surface area contributed by atoms with Gasteiger partial charge in [0.05, 0.1) is 71.6 Å². The first kappa shape index (κ1) is 67.7. The fourth-order valence-corrected chi connectivity index (χ4v) is 14.8. The number of pyridine rings is 4. The van der Waals surface area contributed by atoms with Gasteiger partial charge in [-0.1, -0.05) is 138 Å². The SMILES string of the molecule is Cc1ccc2cccc(NCC3=C4Cc5c(cc(Cl)c(O)c5CNc5cccc6ccc(C)nc56)C(c5ccccc5C(=O)O)=C4C=CC3=O)c2n1.Cc1ccc2cccc(NCc3c4oc5c(CNc6cccc7ccc(C)nc67)c(S)ccc5c(-c5ccccc5C(=O)O)c-4cc(Cl)c3=O)c2n1. The van der Waals surface area contributed by atoms with Gasteiger partial charge in [0.2, 0.25) is 5.43 Å². The highest BCUT2D eigenvalue weighted by atomic mass is 35.5. The lowest BCUT2D eigenvalue weighted by atomic mass is 9.73. The number of carbonyl (C=O) groups excluding carboxylic acids is 1. The Kier molecular flexibility index (Phi) is 18.2. The summed E-state index contributed by atoms with van der Waals surface area (Å²) in [5.41, 5.74) is 17.8. The van der Waals surface area contributed by atoms with Gasteiger partial charge in [-0.25, -0.2) is 9.59 Å². The molecule has 12 aromatic rings. The Labute approximate surface area is 611 Å². The second-order valence-electron chi connectivity index (χ2n) is 25.7. The summed E-state index contributed by atoms with van der Waals surface area (Å²) in [6.07, 6.45) is 3.61. The van der Waals surface area contributed by atoms with Gasteiger partial charge >= 0.3 is 11.9 Å². The topological polar surface area (TPSA) is 242 Å². The highest BCUT2D eigenvalue weighted by Crippen LogP contribution is 2.49. The van der Waals surface area contributed by atoms with Crippen molar-refractivity contribution in [3.05, 3.63) is 311 Å². The molecule has 0 unspecified atom stereocenters. The minimum atomic E-state index is -1.09. The number of para-hydroxylation sites is 4. The molecule has 16 nitrogen and oxygen atoms in total. The molecule has 8 aromatic carbocycles. The van der Waals surface area contributed by atoms with Crippen molar-refractivity contribution in [2.24, 2.45) is 0 Å². The summed E-state index contributed by atoms with van der Waals surface area (Å²) >= 11 is 18.3. The molecule has 512 valence electrons. The maximum atomic E-state index is 13.9. The summed E-state index contributed by atoms with van der Waals surface area (Å²) in [6.45, 7) is 8.52. The van der Waals surface area contributed by atoms with Gasteiger partial charge < -0.3 is 41.0 Å². The largest absolute Gasteiger partial charge is 0.506 e. The molecule has 5 heterocycles. The van der Waals surface area contributed by atoms with Crippen LogP contribution in [0.25, 0.3) is 82.6 Å². The molecule has 3 aliphatic carbocycles. The third-order valence-electron chi connectivity index (χ3n) is 19.1. The van der Waals surface area contributed by atoms with Gasteiger partial charge in [0.15, 0.2) is 5.78 Å². The predicted octanol–water partition coefficient (Wildman–Crippen LogP) is 19.1. The number of phenolic OH excluding ortho intramolecular Hbond substituents is 1. The van der Waals surface area contributed by atoms with Gasteiger partial charge in [-0.3, -0.25) is 29.5 Å². The van der Waals surface area contributed by atoms with Crippen LogP contribution in [0.5, 0.6) is 5.75 Å². The molecule has 19 heteroatoms. The number of aryl methyl sites for hydroxylation is 4. The molecular weight excluding hydrogens is 1360 g/mol. The van der Waals surface area contributed by atoms with Crippen LogP contribution in [0, 0.1) is 27.7 Å². The monoisotopic (exact) mass is 1430 g/mol. The number of aromatic hydroxyl groups is 1. The van der Waals surface area contributed by atoms with E-state index in [0.29, 0.717) is 78.9 Å². The summed E-state index contributed by atoms with van der Waals surface area (Å²) in [7, 11) is 0. The number of halogens is 2. The van der Waals surface area contributed by atoms with Gasteiger partial charge in [-0.15, -0.1) is 12.6 Å². The molecule has 104 heavy (non-hydrogen) atoms. The molecule has 4 aliphatic rings. The zero-order chi connectivity index (χ0) is 72.2. The van der Waals surface area contributed by atoms with E-state index < -0.39 is 17.4 Å². The number of allylic oxidation sites excluding steroid dienone is 4. The number of nitrogens with one attached hydrogen (secondary N) is 4. The second kappa shape index (κ2) is 28.0. The van der Waals surface area contributed by atoms with Crippen LogP contribution in [0.1, 0.15) is 76.9 Å². The number of thiol groups is 1. The van der Waals surface area contributed by atoms with Crippen molar-refractivity contribution >= 4 is 136 Å². The predicted molar refractivity (Wildman–Crippen MR) is 418 cm³/mol. The average molecular weight is 1430 g/mol. The van der Waals surface area contributed by atoms with E-state index in [0.717, 1.165) is 111 Å². The maximum Gasteiger partial charge on any atom is 0.336 e. The molecule has 0 bridgehead atoms. The lowest BCUT2D eigenvalue weighted by molar-refractivity contribution is -0.111. The van der Waals surface area contributed by atoms with Crippen molar-refractivity contribution in [3.63, 3.8) is 0 Å². The summed E-state index contributed by atoms with van der Waals surface area (Å²) in [5.74, 6) is -2.11. The normalized spacial score (nSPS) is 12.6. The van der Waals surface area contributed by atoms with Gasteiger partial charge in [0.1, 0.15) is 17.1 Å². The molecular formula is C85H64Cl2N8O8S. The van der Waals surface area contributed by atoms with Gasteiger partial charge in [0.25, 0.3) is 0 Å². The van der Waals surface area contributed by atoms with Crippen molar-refractivity contribution < 1.29 is 34.1 Å². The molecule has 1 aliphatic heterocycles. The van der Waals surface area contributed by atoms with E-state index in [9.17, 15) is 34.5 Å². The van der Waals surface area contributed by atoms with Crippen molar-refractivity contribution in [1.82, 2.24) is 19.9 Å². The van der Waals surface area contributed by atoms with Gasteiger partial charge in [-0.05, 0) is 164 Å². The number of anilines is 4. The highest BCUT2D eigenvalue weighted by molar-refractivity contribution is 7.80. The minimum Gasteiger partial charge on any atom is -0.506 e. The summed E-state index contributed by atoms with van der Waals surface area (Å²) in [6, 6.07) is 60.1. The average Bonchev–Trinajstić information content (AvgIpc) is 0.731. The lowest BCUT2D eigenvalue weighted by Gasteiger charge is -2.31. The van der Waals surface area contributed by atoms with E-state index in [4.69, 9.17) is 60.2 Å². The number of aromatic carboxylic acids is 2. The Morgan fingerprint density at radius 2 is 0.942 bits per heavy atom. The molecule has 0 radical (unpaired) electrons. The van der Waals surface area contributed by atoms with Gasteiger partial charge in [0, 0.05) is 109 Å². The number of ketones is 1. The minimum absolute atomic E-state index is 0.00810. The number of aromatic nitrogens is 4. The van der Waals surface area contributed by atoms with E-state index in [1.54, 1.807) is 66.7 Å². The molecule has 16 rings (SSSR count). The van der Waals surface area contributed by atoms with Crippen molar-refractivity contribution in [2.75, 3.05) is 27.8 Å². The molecule has 0 fully saturated rings. The van der Waals surface area contributed by atoms with Crippen molar-refractivity contribution in [3.8, 4) is 28.2 Å². The van der Waals surface area contributed by atoms with Gasteiger partial charge in [-0.2, -0.15) is 0 Å². The summed E-state index contributed by atoms with van der Waals surface area (Å²) in [5, 5.41) is 50.8. The Balaban J connectivity index is 0.000000167. The molecule has 0 saturated carbocycles. The van der Waals surface area contributed by atoms with Crippen LogP contribution in [0.15, 0.2) is 237 Å². The van der Waals surface area contributed by atoms with Crippen LogP contribution in [-0.2, 0) is 30.8 Å². The molecule has 4 aromatic heterocycles. The fourth-order valence-electron chi connectivity index (χ4n) is 14.1. The highest BCUT2D eigenvalue weighted by Gasteiger charge is 2.35. The number of hydrogen-bond donors (Lipinski definition) is 8. The van der Waals surface area contributed by atoms with E-state index in [1.807, 2.05) is 161 Å². The van der Waals surface area contributed by atoms with E-state index >= 15 is 0 Å². The Morgan fingerprint density at radius 1 is 0.490 bits per heavy atom. The molecule has 0 saturated heterocycles. The number of benzene rings is 9. The fraction of sp³-hybridized carbons (Fsp3) is 0.106. The van der Waals surface area contributed by atoms with Crippen LogP contribution in [0.4, 0.5) is 22.7 Å².